The fraction of sp³-hybridized carbons (Fsp3) is 0.143. The zero-order chi connectivity index (χ0) is 12.3. The third-order valence-corrected chi connectivity index (χ3v) is 2.48. The highest BCUT2D eigenvalue weighted by Crippen LogP contribution is 2.19. The summed E-state index contributed by atoms with van der Waals surface area (Å²) >= 11 is 0. The lowest BCUT2D eigenvalue weighted by Crippen LogP contribution is -1.95. The highest BCUT2D eigenvalue weighted by Gasteiger charge is 2.00. The van der Waals surface area contributed by atoms with Crippen LogP contribution < -0.4 is 4.74 Å². The summed E-state index contributed by atoms with van der Waals surface area (Å²) in [6, 6.07) is 11.2. The molecule has 88 valence electrons. The van der Waals surface area contributed by atoms with E-state index < -0.39 is 0 Å². The van der Waals surface area contributed by atoms with Gasteiger partial charge in [-0.2, -0.15) is 0 Å². The van der Waals surface area contributed by atoms with E-state index in [0.29, 0.717) is 12.4 Å². The Morgan fingerprint density at radius 3 is 2.47 bits per heavy atom. The summed E-state index contributed by atoms with van der Waals surface area (Å²) in [4.78, 5) is 0. The van der Waals surface area contributed by atoms with Gasteiger partial charge in [0.05, 0.1) is 0 Å². The molecular weight excluding hydrogens is 219 g/mol. The second-order valence-electron chi connectivity index (χ2n) is 3.86. The third-order valence-electron chi connectivity index (χ3n) is 2.48. The Morgan fingerprint density at radius 1 is 1.12 bits per heavy atom. The first kappa shape index (κ1) is 11.5. The van der Waals surface area contributed by atoms with Crippen LogP contribution in [0.3, 0.4) is 0 Å². The van der Waals surface area contributed by atoms with Crippen molar-refractivity contribution in [1.29, 1.82) is 0 Å². The predicted molar refractivity (Wildman–Crippen MR) is 63.6 cm³/mol. The van der Waals surface area contributed by atoms with Crippen molar-refractivity contribution in [2.24, 2.45) is 0 Å². The maximum atomic E-state index is 12.7. The average molecular weight is 232 g/mol. The SMILES string of the molecule is Cc1cc(COc2ccc(F)cc2)ccc1O. The van der Waals surface area contributed by atoms with Gasteiger partial charge in [-0.1, -0.05) is 6.07 Å². The monoisotopic (exact) mass is 232 g/mol. The molecule has 0 saturated carbocycles. The highest BCUT2D eigenvalue weighted by molar-refractivity contribution is 5.35. The first-order valence-electron chi connectivity index (χ1n) is 5.32. The number of halogens is 1. The number of phenols is 1. The van der Waals surface area contributed by atoms with Crippen molar-refractivity contribution in [3.05, 3.63) is 59.4 Å². The Labute approximate surface area is 99.3 Å². The van der Waals surface area contributed by atoms with Gasteiger partial charge in [0, 0.05) is 0 Å². The Morgan fingerprint density at radius 2 is 1.82 bits per heavy atom. The third kappa shape index (κ3) is 2.97. The molecule has 0 amide bonds. The molecule has 0 saturated heterocycles. The first-order chi connectivity index (χ1) is 8.15. The average Bonchev–Trinajstić information content (AvgIpc) is 2.33. The first-order valence-corrected chi connectivity index (χ1v) is 5.32. The normalized spacial score (nSPS) is 10.2. The quantitative estimate of drug-likeness (QED) is 0.878. The fourth-order valence-corrected chi connectivity index (χ4v) is 1.50. The van der Waals surface area contributed by atoms with E-state index in [-0.39, 0.29) is 11.6 Å². The molecule has 0 atom stereocenters. The fourth-order valence-electron chi connectivity index (χ4n) is 1.50. The summed E-state index contributed by atoms with van der Waals surface area (Å²) in [6.45, 7) is 2.23. The van der Waals surface area contributed by atoms with Crippen LogP contribution in [0.15, 0.2) is 42.5 Å². The summed E-state index contributed by atoms with van der Waals surface area (Å²) in [5.74, 6) is 0.616. The lowest BCUT2D eigenvalue weighted by Gasteiger charge is -2.07. The summed E-state index contributed by atoms with van der Waals surface area (Å²) < 4.78 is 18.2. The Kier molecular flexibility index (Phi) is 3.28. The zero-order valence-corrected chi connectivity index (χ0v) is 9.48. The summed E-state index contributed by atoms with van der Waals surface area (Å²) in [6.07, 6.45) is 0. The second kappa shape index (κ2) is 4.87. The number of ether oxygens (including phenoxy) is 1. The summed E-state index contributed by atoms with van der Waals surface area (Å²) in [7, 11) is 0. The van der Waals surface area contributed by atoms with Gasteiger partial charge in [-0.25, -0.2) is 4.39 Å². The van der Waals surface area contributed by atoms with Crippen molar-refractivity contribution < 1.29 is 14.2 Å². The molecular formula is C14H13FO2. The summed E-state index contributed by atoms with van der Waals surface area (Å²) in [5.41, 5.74) is 1.77. The Hall–Kier alpha value is -2.03. The van der Waals surface area contributed by atoms with Crippen molar-refractivity contribution in [3.8, 4) is 11.5 Å². The van der Waals surface area contributed by atoms with Crippen LogP contribution in [0.25, 0.3) is 0 Å². The molecule has 0 radical (unpaired) electrons. The van der Waals surface area contributed by atoms with E-state index in [2.05, 4.69) is 0 Å². The van der Waals surface area contributed by atoms with Gasteiger partial charge < -0.3 is 9.84 Å². The molecule has 2 aromatic carbocycles. The lowest BCUT2D eigenvalue weighted by atomic mass is 10.1. The van der Waals surface area contributed by atoms with E-state index in [0.717, 1.165) is 11.1 Å². The van der Waals surface area contributed by atoms with Gasteiger partial charge in [0.25, 0.3) is 0 Å². The number of aromatic hydroxyl groups is 1. The largest absolute Gasteiger partial charge is 0.508 e. The highest BCUT2D eigenvalue weighted by atomic mass is 19.1. The number of benzene rings is 2. The molecule has 2 nitrogen and oxygen atoms in total. The summed E-state index contributed by atoms with van der Waals surface area (Å²) in [5, 5.41) is 9.38. The van der Waals surface area contributed by atoms with Crippen LogP contribution in [0.5, 0.6) is 11.5 Å². The van der Waals surface area contributed by atoms with E-state index >= 15 is 0 Å². The molecule has 0 aliphatic rings. The molecule has 0 heterocycles. The van der Waals surface area contributed by atoms with Crippen molar-refractivity contribution >= 4 is 0 Å². The predicted octanol–water partition coefficient (Wildman–Crippen LogP) is 3.42. The molecule has 1 N–H and O–H groups in total. The van der Waals surface area contributed by atoms with E-state index in [1.807, 2.05) is 13.0 Å². The number of rotatable bonds is 3. The molecule has 0 spiro atoms. The van der Waals surface area contributed by atoms with Gasteiger partial charge in [0.15, 0.2) is 0 Å². The van der Waals surface area contributed by atoms with Crippen LogP contribution >= 0.6 is 0 Å². The molecule has 0 fully saturated rings. The molecule has 0 aromatic heterocycles. The standard InChI is InChI=1S/C14H13FO2/c1-10-8-11(2-7-14(10)16)9-17-13-5-3-12(15)4-6-13/h2-8,16H,9H2,1H3. The van der Waals surface area contributed by atoms with Crippen LogP contribution in [0, 0.1) is 12.7 Å². The van der Waals surface area contributed by atoms with E-state index in [9.17, 15) is 9.50 Å². The topological polar surface area (TPSA) is 29.5 Å². The maximum Gasteiger partial charge on any atom is 0.123 e. The van der Waals surface area contributed by atoms with Crippen LogP contribution in [0.4, 0.5) is 4.39 Å². The molecule has 0 aliphatic carbocycles. The van der Waals surface area contributed by atoms with Crippen molar-refractivity contribution in [2.45, 2.75) is 13.5 Å². The number of hydrogen-bond acceptors (Lipinski definition) is 2. The van der Waals surface area contributed by atoms with E-state index in [4.69, 9.17) is 4.74 Å². The van der Waals surface area contributed by atoms with Gasteiger partial charge in [-0.3, -0.25) is 0 Å². The molecule has 3 heteroatoms. The van der Waals surface area contributed by atoms with Gasteiger partial charge in [-0.05, 0) is 54.4 Å². The smallest absolute Gasteiger partial charge is 0.123 e. The van der Waals surface area contributed by atoms with Crippen LogP contribution in [0.2, 0.25) is 0 Å². The van der Waals surface area contributed by atoms with Gasteiger partial charge in [-0.15, -0.1) is 0 Å². The molecule has 2 rings (SSSR count). The van der Waals surface area contributed by atoms with Crippen molar-refractivity contribution in [2.75, 3.05) is 0 Å². The van der Waals surface area contributed by atoms with Crippen LogP contribution in [-0.2, 0) is 6.61 Å². The molecule has 2 aromatic rings. The minimum Gasteiger partial charge on any atom is -0.508 e. The molecule has 0 bridgehead atoms. The zero-order valence-electron chi connectivity index (χ0n) is 9.48. The Balaban J connectivity index is 2.02. The Bertz CT molecular complexity index is 506. The maximum absolute atomic E-state index is 12.7. The molecule has 0 unspecified atom stereocenters. The minimum absolute atomic E-state index is 0.274. The van der Waals surface area contributed by atoms with Gasteiger partial charge in [0.2, 0.25) is 0 Å². The van der Waals surface area contributed by atoms with E-state index in [1.165, 1.54) is 12.1 Å². The van der Waals surface area contributed by atoms with Crippen LogP contribution in [0.1, 0.15) is 11.1 Å². The lowest BCUT2D eigenvalue weighted by molar-refractivity contribution is 0.305. The van der Waals surface area contributed by atoms with Gasteiger partial charge in [0.1, 0.15) is 23.9 Å². The number of hydrogen-bond donors (Lipinski definition) is 1. The van der Waals surface area contributed by atoms with Gasteiger partial charge >= 0.3 is 0 Å². The second-order valence-corrected chi connectivity index (χ2v) is 3.86. The van der Waals surface area contributed by atoms with E-state index in [1.54, 1.807) is 24.3 Å². The molecule has 0 aliphatic heterocycles. The van der Waals surface area contributed by atoms with Crippen LogP contribution in [-0.4, -0.2) is 5.11 Å². The van der Waals surface area contributed by atoms with Crippen molar-refractivity contribution in [1.82, 2.24) is 0 Å². The number of phenolic OH excluding ortho intramolecular Hbond substituents is 1. The van der Waals surface area contributed by atoms with Crippen molar-refractivity contribution in [3.63, 3.8) is 0 Å². The minimum atomic E-state index is -0.280. The number of aryl methyl sites for hydroxylation is 1. The molecule has 17 heavy (non-hydrogen) atoms.